The Morgan fingerprint density at radius 2 is 1.71 bits per heavy atom. The molecule has 0 fully saturated rings. The lowest BCUT2D eigenvalue weighted by molar-refractivity contribution is -0.132. The molecule has 0 radical (unpaired) electrons. The first-order chi connectivity index (χ1) is 13.4. The lowest BCUT2D eigenvalue weighted by atomic mass is 10.1. The number of hydrogen-bond acceptors (Lipinski definition) is 4. The highest BCUT2D eigenvalue weighted by atomic mass is 16.4. The fourth-order valence-electron chi connectivity index (χ4n) is 2.70. The maximum atomic E-state index is 12.4. The summed E-state index contributed by atoms with van der Waals surface area (Å²) in [5.41, 5.74) is 9.01. The van der Waals surface area contributed by atoms with Crippen molar-refractivity contribution < 1.29 is 14.7 Å². The Labute approximate surface area is 162 Å². The standard InChI is InChI=1S/C21H20N4O3/c1-13-8-10-15(11-9-13)20(26)23-18(21(27)28)12-17-14(2)24-25(19(17)22)16-6-4-3-5-7-16/h3-12H,22H2,1-2H3,(H,23,26)(H,27,28)/b18-12+. The third kappa shape index (κ3) is 3.93. The van der Waals surface area contributed by atoms with Crippen LogP contribution in [0, 0.1) is 13.8 Å². The van der Waals surface area contributed by atoms with E-state index in [1.807, 2.05) is 37.3 Å². The number of carboxylic acid groups (broad SMARTS) is 1. The number of anilines is 1. The molecule has 1 amide bonds. The van der Waals surface area contributed by atoms with Gasteiger partial charge < -0.3 is 16.2 Å². The number of aliphatic carboxylic acids is 1. The first-order valence-electron chi connectivity index (χ1n) is 8.60. The molecule has 0 atom stereocenters. The number of amides is 1. The number of aromatic nitrogens is 2. The predicted molar refractivity (Wildman–Crippen MR) is 107 cm³/mol. The molecule has 0 spiro atoms. The minimum absolute atomic E-state index is 0.284. The molecule has 0 saturated heterocycles. The number of nitrogens with one attached hydrogen (secondary N) is 1. The summed E-state index contributed by atoms with van der Waals surface area (Å²) in [6.07, 6.45) is 1.32. The van der Waals surface area contributed by atoms with Crippen LogP contribution in [0.3, 0.4) is 0 Å². The highest BCUT2D eigenvalue weighted by Crippen LogP contribution is 2.23. The van der Waals surface area contributed by atoms with E-state index in [-0.39, 0.29) is 11.5 Å². The Kier molecular flexibility index (Phi) is 5.26. The van der Waals surface area contributed by atoms with Crippen LogP contribution < -0.4 is 11.1 Å². The summed E-state index contributed by atoms with van der Waals surface area (Å²) in [5.74, 6) is -1.50. The van der Waals surface area contributed by atoms with Crippen molar-refractivity contribution in [2.45, 2.75) is 13.8 Å². The molecule has 0 unspecified atom stereocenters. The van der Waals surface area contributed by atoms with E-state index < -0.39 is 11.9 Å². The second-order valence-corrected chi connectivity index (χ2v) is 6.31. The third-order valence-electron chi connectivity index (χ3n) is 4.23. The number of carboxylic acids is 1. The van der Waals surface area contributed by atoms with Gasteiger partial charge in [0.25, 0.3) is 5.91 Å². The minimum atomic E-state index is -1.27. The monoisotopic (exact) mass is 376 g/mol. The van der Waals surface area contributed by atoms with Gasteiger partial charge in [0.1, 0.15) is 11.5 Å². The average Bonchev–Trinajstić information content (AvgIpc) is 2.96. The zero-order valence-corrected chi connectivity index (χ0v) is 15.5. The summed E-state index contributed by atoms with van der Waals surface area (Å²) in [4.78, 5) is 24.1. The van der Waals surface area contributed by atoms with Crippen molar-refractivity contribution in [2.75, 3.05) is 5.73 Å². The highest BCUT2D eigenvalue weighted by molar-refractivity contribution is 6.03. The van der Waals surface area contributed by atoms with E-state index in [0.29, 0.717) is 16.8 Å². The second-order valence-electron chi connectivity index (χ2n) is 6.31. The van der Waals surface area contributed by atoms with Crippen LogP contribution in [0.25, 0.3) is 11.8 Å². The van der Waals surface area contributed by atoms with Crippen molar-refractivity contribution in [1.82, 2.24) is 15.1 Å². The summed E-state index contributed by atoms with van der Waals surface area (Å²) < 4.78 is 1.53. The van der Waals surface area contributed by atoms with Crippen LogP contribution in [-0.4, -0.2) is 26.8 Å². The molecule has 2 aromatic carbocycles. The molecule has 0 aliphatic heterocycles. The van der Waals surface area contributed by atoms with Gasteiger partial charge in [0.15, 0.2) is 0 Å². The van der Waals surface area contributed by atoms with Crippen LogP contribution in [0.1, 0.15) is 27.2 Å². The van der Waals surface area contributed by atoms with Gasteiger partial charge in [-0.1, -0.05) is 35.9 Å². The lowest BCUT2D eigenvalue weighted by Gasteiger charge is -2.07. The molecule has 0 aliphatic carbocycles. The predicted octanol–water partition coefficient (Wildman–Crippen LogP) is 2.93. The Bertz CT molecular complexity index is 1050. The molecule has 7 nitrogen and oxygen atoms in total. The number of rotatable bonds is 5. The van der Waals surface area contributed by atoms with Crippen molar-refractivity contribution in [2.24, 2.45) is 0 Å². The zero-order chi connectivity index (χ0) is 20.3. The Morgan fingerprint density at radius 3 is 2.32 bits per heavy atom. The number of aryl methyl sites for hydroxylation is 2. The van der Waals surface area contributed by atoms with Crippen molar-refractivity contribution in [1.29, 1.82) is 0 Å². The normalized spacial score (nSPS) is 11.3. The van der Waals surface area contributed by atoms with Gasteiger partial charge in [-0.3, -0.25) is 4.79 Å². The van der Waals surface area contributed by atoms with E-state index in [2.05, 4.69) is 10.4 Å². The molecule has 7 heteroatoms. The topological polar surface area (TPSA) is 110 Å². The van der Waals surface area contributed by atoms with Gasteiger partial charge in [-0.15, -0.1) is 0 Å². The van der Waals surface area contributed by atoms with Gasteiger partial charge in [-0.05, 0) is 44.2 Å². The van der Waals surface area contributed by atoms with Crippen LogP contribution in [-0.2, 0) is 4.79 Å². The van der Waals surface area contributed by atoms with Crippen LogP contribution in [0.5, 0.6) is 0 Å². The van der Waals surface area contributed by atoms with Crippen molar-refractivity contribution in [3.63, 3.8) is 0 Å². The largest absolute Gasteiger partial charge is 0.477 e. The smallest absolute Gasteiger partial charge is 0.352 e. The third-order valence-corrected chi connectivity index (χ3v) is 4.23. The van der Waals surface area contributed by atoms with E-state index in [9.17, 15) is 14.7 Å². The molecule has 0 saturated carbocycles. The highest BCUT2D eigenvalue weighted by Gasteiger charge is 2.18. The Morgan fingerprint density at radius 1 is 1.07 bits per heavy atom. The van der Waals surface area contributed by atoms with Crippen LogP contribution in [0.15, 0.2) is 60.3 Å². The van der Waals surface area contributed by atoms with Gasteiger partial charge in [-0.25, -0.2) is 9.48 Å². The fraction of sp³-hybridized carbons (Fsp3) is 0.0952. The van der Waals surface area contributed by atoms with E-state index in [4.69, 9.17) is 5.73 Å². The number of hydrogen-bond donors (Lipinski definition) is 3. The van der Waals surface area contributed by atoms with Gasteiger partial charge in [0.05, 0.1) is 11.4 Å². The Balaban J connectivity index is 1.95. The van der Waals surface area contributed by atoms with Gasteiger partial charge in [0.2, 0.25) is 0 Å². The molecule has 4 N–H and O–H groups in total. The van der Waals surface area contributed by atoms with E-state index >= 15 is 0 Å². The number of nitrogens with zero attached hydrogens (tertiary/aromatic N) is 2. The molecule has 3 aromatic rings. The van der Waals surface area contributed by atoms with Crippen molar-refractivity contribution >= 4 is 23.8 Å². The number of nitrogen functional groups attached to an aromatic ring is 1. The molecule has 1 heterocycles. The molecule has 142 valence electrons. The number of carbonyl (C=O) groups is 2. The lowest BCUT2D eigenvalue weighted by Crippen LogP contribution is -2.27. The van der Waals surface area contributed by atoms with E-state index in [0.717, 1.165) is 11.3 Å². The Hall–Kier alpha value is -3.87. The SMILES string of the molecule is Cc1ccc(C(=O)N/C(=C/c2c(C)nn(-c3ccccc3)c2N)C(=O)O)cc1. The van der Waals surface area contributed by atoms with Gasteiger partial charge >= 0.3 is 5.97 Å². The van der Waals surface area contributed by atoms with Gasteiger partial charge in [-0.2, -0.15) is 5.10 Å². The molecule has 1 aromatic heterocycles. The maximum Gasteiger partial charge on any atom is 0.352 e. The van der Waals surface area contributed by atoms with Gasteiger partial charge in [0, 0.05) is 11.1 Å². The van der Waals surface area contributed by atoms with Crippen molar-refractivity contribution in [3.05, 3.63) is 82.7 Å². The minimum Gasteiger partial charge on any atom is -0.477 e. The average molecular weight is 376 g/mol. The van der Waals surface area contributed by atoms with Crippen LogP contribution in [0.2, 0.25) is 0 Å². The first-order valence-corrected chi connectivity index (χ1v) is 8.60. The molecular weight excluding hydrogens is 356 g/mol. The van der Waals surface area contributed by atoms with E-state index in [1.165, 1.54) is 10.8 Å². The number of carbonyl (C=O) groups excluding carboxylic acids is 1. The quantitative estimate of drug-likeness (QED) is 0.593. The first kappa shape index (κ1) is 18.9. The summed E-state index contributed by atoms with van der Waals surface area (Å²) in [6, 6.07) is 16.1. The van der Waals surface area contributed by atoms with Crippen LogP contribution in [0.4, 0.5) is 5.82 Å². The number of nitrogens with two attached hydrogens (primary N) is 1. The fourth-order valence-corrected chi connectivity index (χ4v) is 2.70. The molecule has 28 heavy (non-hydrogen) atoms. The number of benzene rings is 2. The molecule has 3 rings (SSSR count). The summed E-state index contributed by atoms with van der Waals surface area (Å²) in [5, 5.41) is 16.3. The second kappa shape index (κ2) is 7.79. The molecular formula is C21H20N4O3. The number of para-hydroxylation sites is 1. The molecule has 0 aliphatic rings. The summed E-state index contributed by atoms with van der Waals surface area (Å²) >= 11 is 0. The summed E-state index contributed by atoms with van der Waals surface area (Å²) in [6.45, 7) is 3.63. The maximum absolute atomic E-state index is 12.4. The zero-order valence-electron chi connectivity index (χ0n) is 15.5. The van der Waals surface area contributed by atoms with E-state index in [1.54, 1.807) is 31.2 Å². The van der Waals surface area contributed by atoms with Crippen molar-refractivity contribution in [3.8, 4) is 5.69 Å². The molecule has 0 bridgehead atoms. The van der Waals surface area contributed by atoms with Crippen LogP contribution >= 0.6 is 0 Å². The summed E-state index contributed by atoms with van der Waals surface area (Å²) in [7, 11) is 0.